The summed E-state index contributed by atoms with van der Waals surface area (Å²) in [6.07, 6.45) is 2.77. The molecule has 0 atom stereocenters. The van der Waals surface area contributed by atoms with Crippen molar-refractivity contribution in [3.63, 3.8) is 0 Å². The van der Waals surface area contributed by atoms with Crippen molar-refractivity contribution in [2.75, 3.05) is 7.05 Å². The maximum absolute atomic E-state index is 12.6. The number of aromatic nitrogens is 1. The van der Waals surface area contributed by atoms with E-state index in [9.17, 15) is 13.2 Å². The van der Waals surface area contributed by atoms with Crippen molar-refractivity contribution in [2.45, 2.75) is 44.0 Å². The van der Waals surface area contributed by atoms with Crippen LogP contribution in [0.1, 0.15) is 41.0 Å². The summed E-state index contributed by atoms with van der Waals surface area (Å²) in [5, 5.41) is 9.03. The van der Waals surface area contributed by atoms with Gasteiger partial charge in [-0.05, 0) is 26.7 Å². The summed E-state index contributed by atoms with van der Waals surface area (Å²) < 4.78 is 26.5. The quantitative estimate of drug-likeness (QED) is 0.877. The minimum atomic E-state index is -3.63. The van der Waals surface area contributed by atoms with Crippen molar-refractivity contribution >= 4 is 16.0 Å². The first-order valence-electron chi connectivity index (χ1n) is 6.17. The molecule has 0 radical (unpaired) electrons. The van der Waals surface area contributed by atoms with Gasteiger partial charge in [-0.15, -0.1) is 0 Å². The van der Waals surface area contributed by atoms with Gasteiger partial charge in [0, 0.05) is 24.3 Å². The Kier molecular flexibility index (Phi) is 3.44. The monoisotopic (exact) mass is 286 g/mol. The minimum absolute atomic E-state index is 0.0342. The molecule has 1 saturated carbocycles. The molecule has 2 N–H and O–H groups in total. The highest BCUT2D eigenvalue weighted by molar-refractivity contribution is 7.89. The standard InChI is InChI=1S/C12H18N2O4S/c1-7-10(12(15)16)13-8(2)11(7)19(17,18)14(3)9-5-4-6-9/h9,13H,4-6H2,1-3H3,(H,15,16). The molecule has 1 aliphatic rings. The first-order chi connectivity index (χ1) is 8.76. The summed E-state index contributed by atoms with van der Waals surface area (Å²) in [7, 11) is -2.07. The Hall–Kier alpha value is -1.34. The fourth-order valence-corrected chi connectivity index (χ4v) is 4.24. The number of carboxylic acid groups (broad SMARTS) is 1. The maximum Gasteiger partial charge on any atom is 0.352 e. The minimum Gasteiger partial charge on any atom is -0.477 e. The molecule has 0 aliphatic heterocycles. The first-order valence-corrected chi connectivity index (χ1v) is 7.61. The molecule has 7 heteroatoms. The number of rotatable bonds is 4. The van der Waals surface area contributed by atoms with Gasteiger partial charge in [-0.3, -0.25) is 0 Å². The van der Waals surface area contributed by atoms with Gasteiger partial charge in [0.05, 0.1) is 0 Å². The van der Waals surface area contributed by atoms with E-state index < -0.39 is 16.0 Å². The van der Waals surface area contributed by atoms with Crippen molar-refractivity contribution < 1.29 is 18.3 Å². The second-order valence-electron chi connectivity index (χ2n) is 4.99. The summed E-state index contributed by atoms with van der Waals surface area (Å²) in [5.41, 5.74) is 0.593. The van der Waals surface area contributed by atoms with Crippen molar-refractivity contribution in [1.29, 1.82) is 0 Å². The third-order valence-electron chi connectivity index (χ3n) is 3.81. The smallest absolute Gasteiger partial charge is 0.352 e. The highest BCUT2D eigenvalue weighted by Gasteiger charge is 2.35. The summed E-state index contributed by atoms with van der Waals surface area (Å²) in [4.78, 5) is 13.8. The van der Waals surface area contributed by atoms with E-state index in [1.54, 1.807) is 14.0 Å². The number of hydrogen-bond donors (Lipinski definition) is 2. The highest BCUT2D eigenvalue weighted by Crippen LogP contribution is 2.32. The lowest BCUT2D eigenvalue weighted by Crippen LogP contribution is -2.41. The Balaban J connectivity index is 2.48. The van der Waals surface area contributed by atoms with Gasteiger partial charge in [-0.2, -0.15) is 4.31 Å². The zero-order valence-electron chi connectivity index (χ0n) is 11.2. The molecule has 0 saturated heterocycles. The van der Waals surface area contributed by atoms with Gasteiger partial charge in [-0.1, -0.05) is 6.42 Å². The summed E-state index contributed by atoms with van der Waals surface area (Å²) in [5.74, 6) is -1.15. The number of aryl methyl sites for hydroxylation is 1. The molecule has 0 bridgehead atoms. The van der Waals surface area contributed by atoms with E-state index in [1.807, 2.05) is 0 Å². The van der Waals surface area contributed by atoms with E-state index >= 15 is 0 Å². The average Bonchev–Trinajstić information content (AvgIpc) is 2.52. The van der Waals surface area contributed by atoms with Crippen LogP contribution in [0.5, 0.6) is 0 Å². The van der Waals surface area contributed by atoms with Crippen LogP contribution >= 0.6 is 0 Å². The SMILES string of the molecule is Cc1[nH]c(C(=O)O)c(C)c1S(=O)(=O)N(C)C1CCC1. The molecule has 0 amide bonds. The molecular formula is C12H18N2O4S. The van der Waals surface area contributed by atoms with Gasteiger partial charge in [0.2, 0.25) is 10.0 Å². The van der Waals surface area contributed by atoms with Crippen LogP contribution in [-0.2, 0) is 10.0 Å². The Labute approximate surface area is 112 Å². The molecule has 106 valence electrons. The molecular weight excluding hydrogens is 268 g/mol. The van der Waals surface area contributed by atoms with Gasteiger partial charge in [0.15, 0.2) is 0 Å². The van der Waals surface area contributed by atoms with Crippen LogP contribution in [0.3, 0.4) is 0 Å². The number of hydrogen-bond acceptors (Lipinski definition) is 3. The van der Waals surface area contributed by atoms with E-state index in [-0.39, 0.29) is 22.2 Å². The molecule has 1 aromatic heterocycles. The molecule has 1 aromatic rings. The number of H-pyrrole nitrogens is 1. The normalized spacial score (nSPS) is 16.6. The molecule has 0 aromatic carbocycles. The number of aromatic carboxylic acids is 1. The second kappa shape index (κ2) is 4.64. The van der Waals surface area contributed by atoms with Crippen LogP contribution in [0.4, 0.5) is 0 Å². The van der Waals surface area contributed by atoms with Crippen LogP contribution in [-0.4, -0.2) is 41.9 Å². The lowest BCUT2D eigenvalue weighted by molar-refractivity contribution is 0.0690. The average molecular weight is 286 g/mol. The van der Waals surface area contributed by atoms with E-state index in [0.29, 0.717) is 5.69 Å². The third-order valence-corrected chi connectivity index (χ3v) is 5.99. The zero-order valence-corrected chi connectivity index (χ0v) is 12.0. The molecule has 19 heavy (non-hydrogen) atoms. The number of carbonyl (C=O) groups is 1. The molecule has 1 heterocycles. The van der Waals surface area contributed by atoms with Crippen molar-refractivity contribution in [3.8, 4) is 0 Å². The fourth-order valence-electron chi connectivity index (χ4n) is 2.42. The van der Waals surface area contributed by atoms with Crippen LogP contribution in [0, 0.1) is 13.8 Å². The predicted molar refractivity (Wildman–Crippen MR) is 69.8 cm³/mol. The molecule has 0 spiro atoms. The van der Waals surface area contributed by atoms with Crippen molar-refractivity contribution in [2.24, 2.45) is 0 Å². The van der Waals surface area contributed by atoms with Crippen molar-refractivity contribution in [1.82, 2.24) is 9.29 Å². The molecule has 1 aliphatic carbocycles. The Morgan fingerprint density at radius 1 is 1.37 bits per heavy atom. The fraction of sp³-hybridized carbons (Fsp3) is 0.583. The second-order valence-corrected chi connectivity index (χ2v) is 6.92. The Bertz CT molecular complexity index is 614. The van der Waals surface area contributed by atoms with E-state index in [2.05, 4.69) is 4.98 Å². The number of nitrogens with one attached hydrogen (secondary N) is 1. The summed E-state index contributed by atoms with van der Waals surface area (Å²) in [6, 6.07) is 0.0342. The van der Waals surface area contributed by atoms with Crippen LogP contribution in [0.25, 0.3) is 0 Å². The van der Waals surface area contributed by atoms with Crippen molar-refractivity contribution in [3.05, 3.63) is 17.0 Å². The molecule has 6 nitrogen and oxygen atoms in total. The van der Waals surface area contributed by atoms with Gasteiger partial charge < -0.3 is 10.1 Å². The largest absolute Gasteiger partial charge is 0.477 e. The van der Waals surface area contributed by atoms with Crippen LogP contribution in [0.15, 0.2) is 4.90 Å². The lowest BCUT2D eigenvalue weighted by atomic mass is 9.94. The van der Waals surface area contributed by atoms with Gasteiger partial charge in [-0.25, -0.2) is 13.2 Å². The summed E-state index contributed by atoms with van der Waals surface area (Å²) in [6.45, 7) is 3.11. The maximum atomic E-state index is 12.6. The Morgan fingerprint density at radius 3 is 2.32 bits per heavy atom. The van der Waals surface area contributed by atoms with Gasteiger partial charge in [0.1, 0.15) is 10.6 Å². The topological polar surface area (TPSA) is 90.5 Å². The summed E-state index contributed by atoms with van der Waals surface area (Å²) >= 11 is 0. The number of aromatic amines is 1. The number of carboxylic acids is 1. The third kappa shape index (κ3) is 2.17. The van der Waals surface area contributed by atoms with E-state index in [0.717, 1.165) is 19.3 Å². The predicted octanol–water partition coefficient (Wildman–Crippen LogP) is 1.50. The lowest BCUT2D eigenvalue weighted by Gasteiger charge is -2.33. The Morgan fingerprint density at radius 2 is 1.95 bits per heavy atom. The van der Waals surface area contributed by atoms with E-state index in [4.69, 9.17) is 5.11 Å². The molecule has 2 rings (SSSR count). The van der Waals surface area contributed by atoms with Crippen LogP contribution in [0.2, 0.25) is 0 Å². The molecule has 1 fully saturated rings. The highest BCUT2D eigenvalue weighted by atomic mass is 32.2. The van der Waals surface area contributed by atoms with Gasteiger partial charge in [0.25, 0.3) is 0 Å². The van der Waals surface area contributed by atoms with Crippen LogP contribution < -0.4 is 0 Å². The number of sulfonamides is 1. The molecule has 0 unspecified atom stereocenters. The van der Waals surface area contributed by atoms with Gasteiger partial charge >= 0.3 is 5.97 Å². The van der Waals surface area contributed by atoms with E-state index in [1.165, 1.54) is 11.2 Å². The zero-order chi connectivity index (χ0) is 14.4. The number of nitrogens with zero attached hydrogens (tertiary/aromatic N) is 1. The first kappa shape index (κ1) is 14.1.